The summed E-state index contributed by atoms with van der Waals surface area (Å²) >= 11 is 0. The van der Waals surface area contributed by atoms with Gasteiger partial charge in [-0.2, -0.15) is 8.78 Å². The van der Waals surface area contributed by atoms with Crippen LogP contribution in [0.25, 0.3) is 0 Å². The summed E-state index contributed by atoms with van der Waals surface area (Å²) < 4.78 is 34.4. The maximum absolute atomic E-state index is 12.3. The smallest absolute Gasteiger partial charge is 0.387 e. The molecule has 31 heavy (non-hydrogen) atoms. The van der Waals surface area contributed by atoms with Crippen LogP contribution in [0.2, 0.25) is 0 Å². The van der Waals surface area contributed by atoms with E-state index in [1.807, 2.05) is 42.5 Å². The van der Waals surface area contributed by atoms with Crippen LogP contribution >= 0.6 is 0 Å². The number of para-hydroxylation sites is 1. The van der Waals surface area contributed by atoms with E-state index in [9.17, 15) is 18.4 Å². The Labute approximate surface area is 177 Å². The zero-order chi connectivity index (χ0) is 22.1. The number of ether oxygens (including phenoxy) is 2. The standard InChI is InChI=1S/C23H20F2N2O4/c24-23(25)31-19-11-6-10-18(14-19)22(29)27-26-21(28)15-30-20-12-5-4-9-17(20)13-16-7-2-1-3-8-16/h1-12,14,23H,13,15H2,(H,26,28)(H,27,29). The molecule has 8 heteroatoms. The lowest BCUT2D eigenvalue weighted by Crippen LogP contribution is -2.43. The highest BCUT2D eigenvalue weighted by atomic mass is 19.3. The van der Waals surface area contributed by atoms with Gasteiger partial charge in [0.15, 0.2) is 6.61 Å². The second-order valence-electron chi connectivity index (χ2n) is 6.47. The molecule has 2 amide bonds. The van der Waals surface area contributed by atoms with Crippen molar-refractivity contribution >= 4 is 11.8 Å². The van der Waals surface area contributed by atoms with Gasteiger partial charge in [0.25, 0.3) is 11.8 Å². The molecule has 3 aromatic carbocycles. The average molecular weight is 426 g/mol. The van der Waals surface area contributed by atoms with E-state index in [0.29, 0.717) is 12.2 Å². The highest BCUT2D eigenvalue weighted by Gasteiger charge is 2.12. The van der Waals surface area contributed by atoms with Gasteiger partial charge >= 0.3 is 6.61 Å². The van der Waals surface area contributed by atoms with E-state index < -0.39 is 18.4 Å². The third-order valence-electron chi connectivity index (χ3n) is 4.21. The van der Waals surface area contributed by atoms with Gasteiger partial charge in [0.1, 0.15) is 11.5 Å². The van der Waals surface area contributed by atoms with Gasteiger partial charge in [0.2, 0.25) is 0 Å². The molecule has 160 valence electrons. The fourth-order valence-electron chi connectivity index (χ4n) is 2.80. The first-order valence-electron chi connectivity index (χ1n) is 9.40. The van der Waals surface area contributed by atoms with Crippen LogP contribution in [0.4, 0.5) is 8.78 Å². The van der Waals surface area contributed by atoms with E-state index in [0.717, 1.165) is 17.2 Å². The monoisotopic (exact) mass is 426 g/mol. The lowest BCUT2D eigenvalue weighted by molar-refractivity contribution is -0.123. The Bertz CT molecular complexity index is 1030. The van der Waals surface area contributed by atoms with Crippen molar-refractivity contribution in [1.29, 1.82) is 0 Å². The Hall–Kier alpha value is -3.94. The zero-order valence-electron chi connectivity index (χ0n) is 16.4. The molecule has 0 bridgehead atoms. The Morgan fingerprint density at radius 3 is 2.39 bits per heavy atom. The molecule has 3 aromatic rings. The van der Waals surface area contributed by atoms with Crippen molar-refractivity contribution in [3.63, 3.8) is 0 Å². The molecule has 0 radical (unpaired) electrons. The maximum atomic E-state index is 12.3. The summed E-state index contributed by atoms with van der Waals surface area (Å²) in [5.74, 6) is -0.864. The first kappa shape index (κ1) is 21.8. The number of hydrogen-bond donors (Lipinski definition) is 2. The molecule has 0 aliphatic carbocycles. The van der Waals surface area contributed by atoms with Crippen molar-refractivity contribution in [2.45, 2.75) is 13.0 Å². The fourth-order valence-corrected chi connectivity index (χ4v) is 2.80. The van der Waals surface area contributed by atoms with Crippen LogP contribution in [0.3, 0.4) is 0 Å². The molecule has 0 atom stereocenters. The number of alkyl halides is 2. The first-order valence-corrected chi connectivity index (χ1v) is 9.40. The van der Waals surface area contributed by atoms with E-state index in [4.69, 9.17) is 4.74 Å². The lowest BCUT2D eigenvalue weighted by Gasteiger charge is -2.12. The fraction of sp³-hybridized carbons (Fsp3) is 0.130. The summed E-state index contributed by atoms with van der Waals surface area (Å²) in [6.07, 6.45) is 0.645. The van der Waals surface area contributed by atoms with Crippen LogP contribution < -0.4 is 20.3 Å². The molecule has 6 nitrogen and oxygen atoms in total. The van der Waals surface area contributed by atoms with Gasteiger partial charge in [-0.1, -0.05) is 54.6 Å². The van der Waals surface area contributed by atoms with Crippen molar-refractivity contribution in [3.05, 3.63) is 95.6 Å². The minimum atomic E-state index is -3.00. The van der Waals surface area contributed by atoms with Crippen LogP contribution in [-0.4, -0.2) is 25.0 Å². The second-order valence-corrected chi connectivity index (χ2v) is 6.47. The molecule has 2 N–H and O–H groups in total. The highest BCUT2D eigenvalue weighted by molar-refractivity contribution is 5.95. The number of benzene rings is 3. The Morgan fingerprint density at radius 1 is 0.871 bits per heavy atom. The predicted molar refractivity (Wildman–Crippen MR) is 110 cm³/mol. The van der Waals surface area contributed by atoms with Gasteiger partial charge in [-0.3, -0.25) is 20.4 Å². The van der Waals surface area contributed by atoms with Gasteiger partial charge in [-0.25, -0.2) is 0 Å². The summed E-state index contributed by atoms with van der Waals surface area (Å²) in [4.78, 5) is 24.2. The topological polar surface area (TPSA) is 76.7 Å². The van der Waals surface area contributed by atoms with Gasteiger partial charge in [0, 0.05) is 12.0 Å². The summed E-state index contributed by atoms with van der Waals surface area (Å²) in [5.41, 5.74) is 6.51. The van der Waals surface area contributed by atoms with E-state index in [-0.39, 0.29) is 17.9 Å². The first-order chi connectivity index (χ1) is 15.0. The minimum absolute atomic E-state index is 0.0487. The van der Waals surface area contributed by atoms with Gasteiger partial charge in [0.05, 0.1) is 0 Å². The number of carbonyl (C=O) groups is 2. The summed E-state index contributed by atoms with van der Waals surface area (Å²) in [5, 5.41) is 0. The number of nitrogens with one attached hydrogen (secondary N) is 2. The number of rotatable bonds is 8. The minimum Gasteiger partial charge on any atom is -0.483 e. The molecular formula is C23H20F2N2O4. The molecule has 0 fully saturated rings. The number of amides is 2. The number of halogens is 2. The van der Waals surface area contributed by atoms with Crippen LogP contribution in [0.1, 0.15) is 21.5 Å². The largest absolute Gasteiger partial charge is 0.483 e. The Balaban J connectivity index is 1.51. The van der Waals surface area contributed by atoms with E-state index >= 15 is 0 Å². The number of hydrazine groups is 1. The SMILES string of the molecule is O=C(COc1ccccc1Cc1ccccc1)NNC(=O)c1cccc(OC(F)F)c1. The van der Waals surface area contributed by atoms with Crippen LogP contribution in [-0.2, 0) is 11.2 Å². The highest BCUT2D eigenvalue weighted by Crippen LogP contribution is 2.21. The Kier molecular flexibility index (Phi) is 7.53. The predicted octanol–water partition coefficient (Wildman–Crippen LogP) is 3.72. The van der Waals surface area contributed by atoms with Crippen molar-refractivity contribution < 1.29 is 27.8 Å². The summed E-state index contributed by atoms with van der Waals surface area (Å²) in [6.45, 7) is -3.32. The van der Waals surface area contributed by atoms with Crippen molar-refractivity contribution in [2.24, 2.45) is 0 Å². The molecule has 0 spiro atoms. The second kappa shape index (κ2) is 10.7. The van der Waals surface area contributed by atoms with E-state index in [2.05, 4.69) is 15.6 Å². The molecule has 3 rings (SSSR count). The van der Waals surface area contributed by atoms with E-state index in [1.165, 1.54) is 18.2 Å². The molecule has 0 saturated heterocycles. The summed E-state index contributed by atoms with van der Waals surface area (Å²) in [6, 6.07) is 22.4. The van der Waals surface area contributed by atoms with Crippen LogP contribution in [0, 0.1) is 0 Å². The van der Waals surface area contributed by atoms with Crippen molar-refractivity contribution in [1.82, 2.24) is 10.9 Å². The average Bonchev–Trinajstić information content (AvgIpc) is 2.77. The summed E-state index contributed by atoms with van der Waals surface area (Å²) in [7, 11) is 0. The number of hydrogen-bond acceptors (Lipinski definition) is 4. The van der Waals surface area contributed by atoms with Gasteiger partial charge in [-0.05, 0) is 35.4 Å². The normalized spacial score (nSPS) is 10.4. The molecule has 0 saturated carbocycles. The Morgan fingerprint density at radius 2 is 1.61 bits per heavy atom. The lowest BCUT2D eigenvalue weighted by atomic mass is 10.0. The van der Waals surface area contributed by atoms with Crippen LogP contribution in [0.15, 0.2) is 78.9 Å². The molecule has 0 unspecified atom stereocenters. The maximum Gasteiger partial charge on any atom is 0.387 e. The van der Waals surface area contributed by atoms with E-state index in [1.54, 1.807) is 12.1 Å². The third-order valence-corrected chi connectivity index (χ3v) is 4.21. The zero-order valence-corrected chi connectivity index (χ0v) is 16.4. The van der Waals surface area contributed by atoms with Gasteiger partial charge < -0.3 is 9.47 Å². The number of carbonyl (C=O) groups excluding carboxylic acids is 2. The quantitative estimate of drug-likeness (QED) is 0.539. The van der Waals surface area contributed by atoms with Gasteiger partial charge in [-0.15, -0.1) is 0 Å². The molecule has 0 aliphatic rings. The molecule has 0 aromatic heterocycles. The third kappa shape index (κ3) is 6.81. The molecule has 0 aliphatic heterocycles. The molecule has 0 heterocycles. The van der Waals surface area contributed by atoms with Crippen molar-refractivity contribution in [3.8, 4) is 11.5 Å². The van der Waals surface area contributed by atoms with Crippen LogP contribution in [0.5, 0.6) is 11.5 Å². The van der Waals surface area contributed by atoms with Crippen molar-refractivity contribution in [2.75, 3.05) is 6.61 Å². The molecular weight excluding hydrogens is 406 g/mol.